The molecule has 6 heteroatoms. The lowest BCUT2D eigenvalue weighted by Crippen LogP contribution is -2.35. The van der Waals surface area contributed by atoms with Gasteiger partial charge in [-0.25, -0.2) is 0 Å². The molecule has 0 radical (unpaired) electrons. The summed E-state index contributed by atoms with van der Waals surface area (Å²) in [6.07, 6.45) is -0.631. The molecule has 0 aliphatic carbocycles. The Morgan fingerprint density at radius 2 is 2.20 bits per heavy atom. The third kappa shape index (κ3) is 4.13. The number of halogens is 2. The molecule has 3 nitrogen and oxygen atoms in total. The molecule has 2 rings (SSSR count). The zero-order valence-corrected chi connectivity index (χ0v) is 13.1. The predicted molar refractivity (Wildman–Crippen MR) is 82.7 cm³/mol. The fraction of sp³-hybridized carbons (Fsp3) is 0.214. The number of carbonyl (C=O) groups excluding carboxylic acids is 1. The first-order valence-electron chi connectivity index (χ1n) is 5.98. The van der Waals surface area contributed by atoms with E-state index in [0.717, 1.165) is 4.88 Å². The Hall–Kier alpha value is -1.23. The molecule has 0 fully saturated rings. The summed E-state index contributed by atoms with van der Waals surface area (Å²) >= 11 is 13.4. The smallest absolute Gasteiger partial charge is 0.261 e. The molecule has 1 atom stereocenters. The molecule has 0 saturated carbocycles. The Morgan fingerprint density at radius 3 is 2.85 bits per heavy atom. The SMILES string of the molecule is CC(Oc1ccc(Cl)cc1Cl)C(=O)NCc1cccs1. The first-order chi connectivity index (χ1) is 9.56. The fourth-order valence-electron chi connectivity index (χ4n) is 1.55. The van der Waals surface area contributed by atoms with E-state index in [9.17, 15) is 4.79 Å². The van der Waals surface area contributed by atoms with Crippen molar-refractivity contribution in [2.45, 2.75) is 19.6 Å². The Labute approximate surface area is 131 Å². The van der Waals surface area contributed by atoms with Gasteiger partial charge in [0.2, 0.25) is 0 Å². The van der Waals surface area contributed by atoms with Gasteiger partial charge in [-0.15, -0.1) is 11.3 Å². The maximum Gasteiger partial charge on any atom is 0.261 e. The van der Waals surface area contributed by atoms with E-state index >= 15 is 0 Å². The maximum atomic E-state index is 11.9. The average molecular weight is 330 g/mol. The normalized spacial score (nSPS) is 11.9. The van der Waals surface area contributed by atoms with Crippen molar-refractivity contribution in [2.75, 3.05) is 0 Å². The molecule has 106 valence electrons. The lowest BCUT2D eigenvalue weighted by atomic mass is 10.3. The van der Waals surface area contributed by atoms with Crippen molar-refractivity contribution in [3.05, 3.63) is 50.6 Å². The van der Waals surface area contributed by atoms with Crippen molar-refractivity contribution in [3.8, 4) is 5.75 Å². The number of benzene rings is 1. The summed E-state index contributed by atoms with van der Waals surface area (Å²) in [6, 6.07) is 8.80. The van der Waals surface area contributed by atoms with Gasteiger partial charge in [-0.2, -0.15) is 0 Å². The predicted octanol–water partition coefficient (Wildman–Crippen LogP) is 4.14. The molecule has 0 aliphatic heterocycles. The van der Waals surface area contributed by atoms with Gasteiger partial charge in [-0.1, -0.05) is 29.3 Å². The highest BCUT2D eigenvalue weighted by atomic mass is 35.5. The quantitative estimate of drug-likeness (QED) is 0.895. The number of hydrogen-bond donors (Lipinski definition) is 1. The molecule has 0 saturated heterocycles. The second-order valence-electron chi connectivity index (χ2n) is 4.13. The van der Waals surface area contributed by atoms with E-state index < -0.39 is 6.10 Å². The maximum absolute atomic E-state index is 11.9. The number of carbonyl (C=O) groups is 1. The molecular formula is C14H13Cl2NO2S. The van der Waals surface area contributed by atoms with Crippen molar-refractivity contribution < 1.29 is 9.53 Å². The molecule has 1 heterocycles. The standard InChI is InChI=1S/C14H13Cl2NO2S/c1-9(14(18)17-8-11-3-2-6-20-11)19-13-5-4-10(15)7-12(13)16/h2-7,9H,8H2,1H3,(H,17,18). The van der Waals surface area contributed by atoms with Gasteiger partial charge < -0.3 is 10.1 Å². The highest BCUT2D eigenvalue weighted by Crippen LogP contribution is 2.28. The Kier molecular flexibility index (Phi) is 5.29. The van der Waals surface area contributed by atoms with E-state index in [1.807, 2.05) is 17.5 Å². The number of amides is 1. The van der Waals surface area contributed by atoms with Crippen LogP contribution in [0.2, 0.25) is 10.0 Å². The highest BCUT2D eigenvalue weighted by molar-refractivity contribution is 7.09. The van der Waals surface area contributed by atoms with Gasteiger partial charge in [0, 0.05) is 9.90 Å². The molecule has 1 aromatic heterocycles. The highest BCUT2D eigenvalue weighted by Gasteiger charge is 2.16. The molecule has 0 bridgehead atoms. The van der Waals surface area contributed by atoms with Crippen LogP contribution in [-0.4, -0.2) is 12.0 Å². The van der Waals surface area contributed by atoms with Crippen LogP contribution >= 0.6 is 34.5 Å². The number of rotatable bonds is 5. The van der Waals surface area contributed by atoms with Crippen LogP contribution in [0.5, 0.6) is 5.75 Å². The topological polar surface area (TPSA) is 38.3 Å². The van der Waals surface area contributed by atoms with Crippen LogP contribution in [0.4, 0.5) is 0 Å². The molecule has 1 aromatic carbocycles. The summed E-state index contributed by atoms with van der Waals surface area (Å²) in [5.74, 6) is 0.249. The van der Waals surface area contributed by atoms with Crippen LogP contribution in [0.25, 0.3) is 0 Å². The molecule has 1 amide bonds. The number of hydrogen-bond acceptors (Lipinski definition) is 3. The Morgan fingerprint density at radius 1 is 1.40 bits per heavy atom. The van der Waals surface area contributed by atoms with E-state index in [4.69, 9.17) is 27.9 Å². The van der Waals surface area contributed by atoms with Gasteiger partial charge in [-0.3, -0.25) is 4.79 Å². The molecule has 1 unspecified atom stereocenters. The summed E-state index contributed by atoms with van der Waals surface area (Å²) in [6.45, 7) is 2.17. The van der Waals surface area contributed by atoms with Crippen molar-refractivity contribution in [2.24, 2.45) is 0 Å². The van der Waals surface area contributed by atoms with Crippen molar-refractivity contribution in [3.63, 3.8) is 0 Å². The van der Waals surface area contributed by atoms with Gasteiger partial charge in [0.1, 0.15) is 5.75 Å². The van der Waals surface area contributed by atoms with Crippen LogP contribution in [0, 0.1) is 0 Å². The zero-order chi connectivity index (χ0) is 14.5. The van der Waals surface area contributed by atoms with Crippen LogP contribution in [0.15, 0.2) is 35.7 Å². The van der Waals surface area contributed by atoms with Gasteiger partial charge in [0.25, 0.3) is 5.91 Å². The van der Waals surface area contributed by atoms with Crippen molar-refractivity contribution in [1.29, 1.82) is 0 Å². The summed E-state index contributed by atoms with van der Waals surface area (Å²) in [4.78, 5) is 13.0. The minimum Gasteiger partial charge on any atom is -0.479 e. The van der Waals surface area contributed by atoms with Gasteiger partial charge in [0.15, 0.2) is 6.10 Å². The van der Waals surface area contributed by atoms with E-state index in [1.165, 1.54) is 0 Å². The minimum absolute atomic E-state index is 0.190. The van der Waals surface area contributed by atoms with Gasteiger partial charge >= 0.3 is 0 Å². The molecule has 2 aromatic rings. The Balaban J connectivity index is 1.90. The molecule has 20 heavy (non-hydrogen) atoms. The molecular weight excluding hydrogens is 317 g/mol. The monoisotopic (exact) mass is 329 g/mol. The number of ether oxygens (including phenoxy) is 1. The van der Waals surface area contributed by atoms with E-state index in [1.54, 1.807) is 36.5 Å². The van der Waals surface area contributed by atoms with E-state index in [2.05, 4.69) is 5.32 Å². The summed E-state index contributed by atoms with van der Waals surface area (Å²) in [7, 11) is 0. The van der Waals surface area contributed by atoms with Crippen LogP contribution in [0.1, 0.15) is 11.8 Å². The lowest BCUT2D eigenvalue weighted by molar-refractivity contribution is -0.127. The lowest BCUT2D eigenvalue weighted by Gasteiger charge is -2.15. The Bertz CT molecular complexity index is 587. The zero-order valence-electron chi connectivity index (χ0n) is 10.7. The van der Waals surface area contributed by atoms with E-state index in [-0.39, 0.29) is 5.91 Å². The van der Waals surface area contributed by atoms with Crippen LogP contribution < -0.4 is 10.1 Å². The van der Waals surface area contributed by atoms with E-state index in [0.29, 0.717) is 22.3 Å². The largest absolute Gasteiger partial charge is 0.479 e. The first-order valence-corrected chi connectivity index (χ1v) is 7.61. The number of nitrogens with one attached hydrogen (secondary N) is 1. The summed E-state index contributed by atoms with van der Waals surface area (Å²) < 4.78 is 5.53. The van der Waals surface area contributed by atoms with Crippen LogP contribution in [-0.2, 0) is 11.3 Å². The minimum atomic E-state index is -0.631. The van der Waals surface area contributed by atoms with Crippen molar-refractivity contribution >= 4 is 40.4 Å². The van der Waals surface area contributed by atoms with Gasteiger partial charge in [-0.05, 0) is 36.6 Å². The van der Waals surface area contributed by atoms with Crippen LogP contribution in [0.3, 0.4) is 0 Å². The second-order valence-corrected chi connectivity index (χ2v) is 6.01. The third-order valence-electron chi connectivity index (χ3n) is 2.58. The summed E-state index contributed by atoms with van der Waals surface area (Å²) in [5.41, 5.74) is 0. The molecule has 0 aliphatic rings. The molecule has 1 N–H and O–H groups in total. The molecule has 0 spiro atoms. The third-order valence-corrected chi connectivity index (χ3v) is 3.99. The second kappa shape index (κ2) is 6.97. The number of thiophene rings is 1. The average Bonchev–Trinajstić information content (AvgIpc) is 2.92. The van der Waals surface area contributed by atoms with Crippen molar-refractivity contribution in [1.82, 2.24) is 5.32 Å². The first kappa shape index (κ1) is 15.2. The summed E-state index contributed by atoms with van der Waals surface area (Å²) in [5, 5.41) is 5.69. The van der Waals surface area contributed by atoms with Gasteiger partial charge in [0.05, 0.1) is 11.6 Å². The fourth-order valence-corrected chi connectivity index (χ4v) is 2.64.